The molecule has 1 amide bonds. The molecular formula is C23H20BrN3OS. The molecule has 4 nitrogen and oxygen atoms in total. The SMILES string of the molecule is Cc1cc(/C=N\NC(=O)Cc2cccs2)c(C)n1-c1ccc(Br)c2ccccc12. The Labute approximate surface area is 182 Å². The first-order chi connectivity index (χ1) is 14.0. The van der Waals surface area contributed by atoms with Crippen molar-refractivity contribution in [2.45, 2.75) is 20.3 Å². The lowest BCUT2D eigenvalue weighted by atomic mass is 10.1. The number of hydrogen-bond acceptors (Lipinski definition) is 3. The second kappa shape index (κ2) is 8.35. The van der Waals surface area contributed by atoms with Crippen molar-refractivity contribution in [3.63, 3.8) is 0 Å². The summed E-state index contributed by atoms with van der Waals surface area (Å²) in [6, 6.07) is 18.5. The van der Waals surface area contributed by atoms with Crippen LogP contribution in [0, 0.1) is 13.8 Å². The summed E-state index contributed by atoms with van der Waals surface area (Å²) in [6.45, 7) is 4.15. The molecule has 1 N–H and O–H groups in total. The molecule has 0 saturated heterocycles. The number of benzene rings is 2. The van der Waals surface area contributed by atoms with Crippen LogP contribution in [0.5, 0.6) is 0 Å². The Kier molecular flexibility index (Phi) is 5.65. The van der Waals surface area contributed by atoms with Gasteiger partial charge < -0.3 is 4.57 Å². The zero-order chi connectivity index (χ0) is 20.4. The molecule has 6 heteroatoms. The van der Waals surface area contributed by atoms with Crippen molar-refractivity contribution in [2.24, 2.45) is 5.10 Å². The number of hydrogen-bond donors (Lipinski definition) is 1. The Balaban J connectivity index is 1.61. The fourth-order valence-electron chi connectivity index (χ4n) is 3.52. The summed E-state index contributed by atoms with van der Waals surface area (Å²) in [5.41, 5.74) is 6.91. The highest BCUT2D eigenvalue weighted by Gasteiger charge is 2.13. The Morgan fingerprint density at radius 2 is 1.93 bits per heavy atom. The van der Waals surface area contributed by atoms with Crippen molar-refractivity contribution in [2.75, 3.05) is 0 Å². The predicted octanol–water partition coefficient (Wildman–Crippen LogP) is 5.76. The summed E-state index contributed by atoms with van der Waals surface area (Å²) in [4.78, 5) is 13.1. The Bertz CT molecular complexity index is 1210. The van der Waals surface area contributed by atoms with Gasteiger partial charge in [-0.25, -0.2) is 5.43 Å². The zero-order valence-electron chi connectivity index (χ0n) is 16.1. The molecule has 0 saturated carbocycles. The van der Waals surface area contributed by atoms with Crippen LogP contribution in [-0.4, -0.2) is 16.7 Å². The van der Waals surface area contributed by atoms with Crippen molar-refractivity contribution < 1.29 is 4.79 Å². The van der Waals surface area contributed by atoms with Gasteiger partial charge in [0.25, 0.3) is 0 Å². The van der Waals surface area contributed by atoms with Crippen molar-refractivity contribution in [1.82, 2.24) is 9.99 Å². The van der Waals surface area contributed by atoms with E-state index in [4.69, 9.17) is 0 Å². The molecule has 2 heterocycles. The molecule has 4 aromatic rings. The van der Waals surface area contributed by atoms with Crippen LogP contribution in [0.25, 0.3) is 16.5 Å². The average Bonchev–Trinajstić information content (AvgIpc) is 3.31. The molecule has 0 aliphatic carbocycles. The summed E-state index contributed by atoms with van der Waals surface area (Å²) in [5, 5.41) is 8.48. The van der Waals surface area contributed by atoms with Crippen molar-refractivity contribution in [3.05, 3.63) is 86.3 Å². The molecule has 146 valence electrons. The number of halogens is 1. The summed E-state index contributed by atoms with van der Waals surface area (Å²) in [7, 11) is 0. The Hall–Kier alpha value is -2.70. The fraction of sp³-hybridized carbons (Fsp3) is 0.130. The molecule has 0 spiro atoms. The number of nitrogens with zero attached hydrogens (tertiary/aromatic N) is 2. The number of nitrogens with one attached hydrogen (secondary N) is 1. The van der Waals surface area contributed by atoms with Crippen LogP contribution >= 0.6 is 27.3 Å². The smallest absolute Gasteiger partial charge is 0.245 e. The highest BCUT2D eigenvalue weighted by Crippen LogP contribution is 2.31. The molecule has 0 aliphatic rings. The van der Waals surface area contributed by atoms with Crippen LogP contribution in [0.4, 0.5) is 0 Å². The minimum atomic E-state index is -0.114. The maximum Gasteiger partial charge on any atom is 0.245 e. The number of fused-ring (bicyclic) bond motifs is 1. The van der Waals surface area contributed by atoms with Gasteiger partial charge in [-0.3, -0.25) is 4.79 Å². The number of thiophene rings is 1. The van der Waals surface area contributed by atoms with Crippen molar-refractivity contribution in [3.8, 4) is 5.69 Å². The van der Waals surface area contributed by atoms with Crippen LogP contribution in [0.1, 0.15) is 21.8 Å². The molecule has 4 rings (SSSR count). The van der Waals surface area contributed by atoms with Crippen LogP contribution in [-0.2, 0) is 11.2 Å². The summed E-state index contributed by atoms with van der Waals surface area (Å²) in [5.74, 6) is -0.114. The average molecular weight is 466 g/mol. The maximum atomic E-state index is 12.0. The van der Waals surface area contributed by atoms with E-state index in [1.165, 1.54) is 10.8 Å². The second-order valence-electron chi connectivity index (χ2n) is 6.82. The molecule has 0 aliphatic heterocycles. The Morgan fingerprint density at radius 3 is 2.69 bits per heavy atom. The molecule has 0 fully saturated rings. The molecule has 2 aromatic heterocycles. The van der Waals surface area contributed by atoms with Gasteiger partial charge in [-0.1, -0.05) is 46.3 Å². The number of amides is 1. The van der Waals surface area contributed by atoms with Crippen molar-refractivity contribution in [1.29, 1.82) is 0 Å². The predicted molar refractivity (Wildman–Crippen MR) is 124 cm³/mol. The van der Waals surface area contributed by atoms with Gasteiger partial charge in [-0.05, 0) is 48.9 Å². The highest BCUT2D eigenvalue weighted by atomic mass is 79.9. The van der Waals surface area contributed by atoms with E-state index in [-0.39, 0.29) is 5.91 Å². The van der Waals surface area contributed by atoms with E-state index >= 15 is 0 Å². The number of aryl methyl sites for hydroxylation is 1. The van der Waals surface area contributed by atoms with E-state index in [9.17, 15) is 4.79 Å². The van der Waals surface area contributed by atoms with Crippen molar-refractivity contribution >= 4 is 50.2 Å². The number of carbonyl (C=O) groups excluding carboxylic acids is 1. The normalized spacial score (nSPS) is 11.4. The van der Waals surface area contributed by atoms with E-state index < -0.39 is 0 Å². The van der Waals surface area contributed by atoms with Gasteiger partial charge >= 0.3 is 0 Å². The molecule has 2 aromatic carbocycles. The lowest BCUT2D eigenvalue weighted by Gasteiger charge is -2.14. The van der Waals surface area contributed by atoms with E-state index in [1.807, 2.05) is 23.6 Å². The summed E-state index contributed by atoms with van der Waals surface area (Å²) < 4.78 is 3.30. The first-order valence-electron chi connectivity index (χ1n) is 9.25. The van der Waals surface area contributed by atoms with Crippen LogP contribution < -0.4 is 5.43 Å². The third kappa shape index (κ3) is 4.04. The molecule has 0 bridgehead atoms. The van der Waals surface area contributed by atoms with Gasteiger partial charge in [0.15, 0.2) is 0 Å². The number of hydrazone groups is 1. The number of rotatable bonds is 5. The monoisotopic (exact) mass is 465 g/mol. The first-order valence-corrected chi connectivity index (χ1v) is 10.9. The van der Waals surface area contributed by atoms with E-state index in [2.05, 4.69) is 81.3 Å². The summed E-state index contributed by atoms with van der Waals surface area (Å²) in [6.07, 6.45) is 2.06. The lowest BCUT2D eigenvalue weighted by Crippen LogP contribution is -2.19. The fourth-order valence-corrected chi connectivity index (χ4v) is 4.70. The first kappa shape index (κ1) is 19.6. The molecule has 0 radical (unpaired) electrons. The van der Waals surface area contributed by atoms with Gasteiger partial charge in [0.2, 0.25) is 5.91 Å². The summed E-state index contributed by atoms with van der Waals surface area (Å²) >= 11 is 5.21. The van der Waals surface area contributed by atoms with Gasteiger partial charge in [0.1, 0.15) is 0 Å². The van der Waals surface area contributed by atoms with E-state index in [1.54, 1.807) is 17.6 Å². The minimum Gasteiger partial charge on any atom is -0.317 e. The minimum absolute atomic E-state index is 0.114. The van der Waals surface area contributed by atoms with E-state index in [0.29, 0.717) is 6.42 Å². The quantitative estimate of drug-likeness (QED) is 0.295. The molecule has 0 atom stereocenters. The van der Waals surface area contributed by atoms with Gasteiger partial charge in [0.05, 0.1) is 18.3 Å². The standard InChI is InChI=1S/C23H20BrN3OS/c1-15-12-17(14-25-26-23(28)13-18-6-5-11-29-18)16(2)27(15)22-10-9-21(24)19-7-3-4-8-20(19)22/h3-12,14H,13H2,1-2H3,(H,26,28)/b25-14-. The lowest BCUT2D eigenvalue weighted by molar-refractivity contribution is -0.120. The third-order valence-electron chi connectivity index (χ3n) is 4.87. The van der Waals surface area contributed by atoms with Gasteiger partial charge in [-0.2, -0.15) is 5.10 Å². The molecular weight excluding hydrogens is 446 g/mol. The van der Waals surface area contributed by atoms with E-state index in [0.717, 1.165) is 32.0 Å². The zero-order valence-corrected chi connectivity index (χ0v) is 18.5. The van der Waals surface area contributed by atoms with Crippen LogP contribution in [0.2, 0.25) is 0 Å². The van der Waals surface area contributed by atoms with Gasteiger partial charge in [-0.15, -0.1) is 11.3 Å². The Morgan fingerprint density at radius 1 is 1.14 bits per heavy atom. The molecule has 29 heavy (non-hydrogen) atoms. The maximum absolute atomic E-state index is 12.0. The van der Waals surface area contributed by atoms with Crippen LogP contribution in [0.15, 0.2) is 69.6 Å². The number of carbonyl (C=O) groups is 1. The van der Waals surface area contributed by atoms with Crippen LogP contribution in [0.3, 0.4) is 0 Å². The largest absolute Gasteiger partial charge is 0.317 e. The second-order valence-corrected chi connectivity index (χ2v) is 8.71. The highest BCUT2D eigenvalue weighted by molar-refractivity contribution is 9.10. The third-order valence-corrected chi connectivity index (χ3v) is 6.43. The molecule has 0 unspecified atom stereocenters. The number of aromatic nitrogens is 1. The van der Waals surface area contributed by atoms with Gasteiger partial charge in [0, 0.05) is 31.7 Å². The topological polar surface area (TPSA) is 46.4 Å².